The van der Waals surface area contributed by atoms with Crippen LogP contribution in [0.15, 0.2) is 12.1 Å². The number of amides is 1. The van der Waals surface area contributed by atoms with Crippen molar-refractivity contribution >= 4 is 16.9 Å². The van der Waals surface area contributed by atoms with Gasteiger partial charge >= 0.3 is 0 Å². The Hall–Kier alpha value is -1.97. The molecule has 1 N–H and O–H groups in total. The van der Waals surface area contributed by atoms with E-state index in [-0.39, 0.29) is 16.7 Å². The average Bonchev–Trinajstić information content (AvgIpc) is 2.83. The third kappa shape index (κ3) is 1.44. The molecule has 2 aromatic rings. The van der Waals surface area contributed by atoms with Crippen molar-refractivity contribution in [2.75, 3.05) is 7.05 Å². The highest BCUT2D eigenvalue weighted by molar-refractivity contribution is 5.92. The van der Waals surface area contributed by atoms with E-state index in [0.29, 0.717) is 0 Å². The molecule has 4 nitrogen and oxygen atoms in total. The van der Waals surface area contributed by atoms with Crippen molar-refractivity contribution in [2.24, 2.45) is 5.41 Å². The molecule has 2 bridgehead atoms. The molecule has 1 aromatic heterocycles. The molecule has 0 aliphatic heterocycles. The van der Waals surface area contributed by atoms with Gasteiger partial charge in [-0.05, 0) is 55.4 Å². The summed E-state index contributed by atoms with van der Waals surface area (Å²) in [5, 5.41) is 2.90. The molecule has 126 valence electrons. The maximum absolute atomic E-state index is 13.0. The molecule has 0 unspecified atom stereocenters. The first-order valence-corrected chi connectivity index (χ1v) is 8.71. The Morgan fingerprint density at radius 3 is 2.08 bits per heavy atom. The van der Waals surface area contributed by atoms with Crippen molar-refractivity contribution in [1.82, 2.24) is 15.3 Å². The van der Waals surface area contributed by atoms with Crippen LogP contribution in [-0.2, 0) is 15.6 Å². The van der Waals surface area contributed by atoms with Crippen molar-refractivity contribution in [3.05, 3.63) is 34.6 Å². The van der Waals surface area contributed by atoms with E-state index < -0.39 is 5.41 Å². The standard InChI is InChI=1S/C20H25N3O/c1-11-9-13-14(10-12(11)2)23-16-15(22-13)19(5)7-8-20(16,17(24)21-6)18(19,3)4/h9-10H,7-8H2,1-6H3,(H,21,24)/t19-,20+/m0/s1. The van der Waals surface area contributed by atoms with Crippen molar-refractivity contribution < 1.29 is 4.79 Å². The van der Waals surface area contributed by atoms with Crippen LogP contribution in [0.4, 0.5) is 0 Å². The predicted molar refractivity (Wildman–Crippen MR) is 95.1 cm³/mol. The summed E-state index contributed by atoms with van der Waals surface area (Å²) in [7, 11) is 1.73. The van der Waals surface area contributed by atoms with Crippen molar-refractivity contribution in [1.29, 1.82) is 0 Å². The van der Waals surface area contributed by atoms with Gasteiger partial charge in [0, 0.05) is 12.5 Å². The number of aryl methyl sites for hydroxylation is 2. The number of hydrogen-bond acceptors (Lipinski definition) is 3. The van der Waals surface area contributed by atoms with Crippen LogP contribution in [0.1, 0.15) is 56.1 Å². The topological polar surface area (TPSA) is 54.9 Å². The molecule has 0 radical (unpaired) electrons. The lowest BCUT2D eigenvalue weighted by atomic mass is 9.63. The summed E-state index contributed by atoms with van der Waals surface area (Å²) >= 11 is 0. The van der Waals surface area contributed by atoms with E-state index in [2.05, 4.69) is 52.1 Å². The number of likely N-dealkylation sites (N-methyl/N-ethyl adjacent to an activating group) is 1. The molecule has 1 amide bonds. The number of carbonyl (C=O) groups excluding carboxylic acids is 1. The lowest BCUT2D eigenvalue weighted by Gasteiger charge is -2.39. The van der Waals surface area contributed by atoms with Gasteiger partial charge in [-0.3, -0.25) is 4.79 Å². The SMILES string of the molecule is CNC(=O)[C@@]12CC[C@@](C)(c3nc4cc(C)c(C)cc4nc31)C2(C)C. The van der Waals surface area contributed by atoms with Crippen LogP contribution < -0.4 is 5.32 Å². The van der Waals surface area contributed by atoms with Crippen LogP contribution >= 0.6 is 0 Å². The minimum Gasteiger partial charge on any atom is -0.358 e. The molecule has 1 fully saturated rings. The zero-order valence-corrected chi connectivity index (χ0v) is 15.4. The molecule has 4 heteroatoms. The molecule has 1 heterocycles. The second-order valence-electron chi connectivity index (χ2n) is 8.29. The maximum atomic E-state index is 13.0. The first-order chi connectivity index (χ1) is 11.2. The fourth-order valence-electron chi connectivity index (χ4n) is 5.07. The van der Waals surface area contributed by atoms with Gasteiger partial charge in [0.25, 0.3) is 0 Å². The van der Waals surface area contributed by atoms with Gasteiger partial charge in [0.15, 0.2) is 0 Å². The summed E-state index contributed by atoms with van der Waals surface area (Å²) in [4.78, 5) is 23.0. The summed E-state index contributed by atoms with van der Waals surface area (Å²) < 4.78 is 0. The second-order valence-corrected chi connectivity index (χ2v) is 8.29. The Morgan fingerprint density at radius 1 is 1.00 bits per heavy atom. The van der Waals surface area contributed by atoms with E-state index in [1.165, 1.54) is 11.1 Å². The summed E-state index contributed by atoms with van der Waals surface area (Å²) in [5.74, 6) is 0.0764. The lowest BCUT2D eigenvalue weighted by Crippen LogP contribution is -2.50. The van der Waals surface area contributed by atoms with Crippen LogP contribution in [0.3, 0.4) is 0 Å². The first kappa shape index (κ1) is 15.6. The molecule has 0 saturated heterocycles. The zero-order valence-electron chi connectivity index (χ0n) is 15.4. The summed E-state index contributed by atoms with van der Waals surface area (Å²) in [6, 6.07) is 4.21. The number of fused-ring (bicyclic) bond motifs is 6. The Labute approximate surface area is 143 Å². The van der Waals surface area contributed by atoms with Gasteiger partial charge in [0.05, 0.1) is 27.8 Å². The van der Waals surface area contributed by atoms with Crippen molar-refractivity contribution in [3.8, 4) is 0 Å². The number of benzene rings is 1. The highest BCUT2D eigenvalue weighted by Crippen LogP contribution is 2.70. The highest BCUT2D eigenvalue weighted by Gasteiger charge is 2.73. The number of aromatic nitrogens is 2. The quantitative estimate of drug-likeness (QED) is 0.876. The third-order valence-electron chi connectivity index (χ3n) is 7.27. The fraction of sp³-hybridized carbons (Fsp3) is 0.550. The maximum Gasteiger partial charge on any atom is 0.232 e. The normalized spacial score (nSPS) is 29.8. The smallest absolute Gasteiger partial charge is 0.232 e. The molecular weight excluding hydrogens is 298 g/mol. The van der Waals surface area contributed by atoms with Gasteiger partial charge in [0.1, 0.15) is 0 Å². The number of hydrogen-bond donors (Lipinski definition) is 1. The number of carbonyl (C=O) groups is 1. The lowest BCUT2D eigenvalue weighted by molar-refractivity contribution is -0.129. The highest BCUT2D eigenvalue weighted by atomic mass is 16.2. The molecule has 0 spiro atoms. The van der Waals surface area contributed by atoms with Gasteiger partial charge in [-0.1, -0.05) is 20.8 Å². The Morgan fingerprint density at radius 2 is 1.54 bits per heavy atom. The van der Waals surface area contributed by atoms with Crippen LogP contribution in [0.5, 0.6) is 0 Å². The van der Waals surface area contributed by atoms with Gasteiger partial charge in [-0.15, -0.1) is 0 Å². The molecule has 4 rings (SSSR count). The van der Waals surface area contributed by atoms with Gasteiger partial charge in [0.2, 0.25) is 5.91 Å². The van der Waals surface area contributed by atoms with Crippen molar-refractivity contribution in [2.45, 2.75) is 58.3 Å². The molecule has 1 aromatic carbocycles. The Balaban J connectivity index is 2.11. The number of nitrogens with zero attached hydrogens (tertiary/aromatic N) is 2. The van der Waals surface area contributed by atoms with E-state index in [9.17, 15) is 4.79 Å². The molecule has 1 saturated carbocycles. The van der Waals surface area contributed by atoms with Crippen LogP contribution in [0.2, 0.25) is 0 Å². The van der Waals surface area contributed by atoms with Crippen molar-refractivity contribution in [3.63, 3.8) is 0 Å². The average molecular weight is 323 g/mol. The summed E-state index contributed by atoms with van der Waals surface area (Å²) in [5.41, 5.74) is 5.30. The first-order valence-electron chi connectivity index (χ1n) is 8.71. The number of nitrogens with one attached hydrogen (secondary N) is 1. The van der Waals surface area contributed by atoms with Crippen LogP contribution in [-0.4, -0.2) is 22.9 Å². The molecular formula is C20H25N3O. The van der Waals surface area contributed by atoms with Gasteiger partial charge in [-0.2, -0.15) is 0 Å². The van der Waals surface area contributed by atoms with E-state index in [1.807, 2.05) is 0 Å². The summed E-state index contributed by atoms with van der Waals surface area (Å²) in [6.07, 6.45) is 1.82. The minimum absolute atomic E-state index is 0.0764. The predicted octanol–water partition coefficient (Wildman–Crippen LogP) is 3.32. The zero-order chi connectivity index (χ0) is 17.5. The summed E-state index contributed by atoms with van der Waals surface area (Å²) in [6.45, 7) is 10.9. The van der Waals surface area contributed by atoms with Crippen LogP contribution in [0, 0.1) is 19.3 Å². The second kappa shape index (κ2) is 4.35. The number of rotatable bonds is 1. The van der Waals surface area contributed by atoms with E-state index in [1.54, 1.807) is 7.05 Å². The molecule has 2 atom stereocenters. The van der Waals surface area contributed by atoms with Gasteiger partial charge in [-0.25, -0.2) is 9.97 Å². The fourth-order valence-corrected chi connectivity index (χ4v) is 5.07. The van der Waals surface area contributed by atoms with E-state index >= 15 is 0 Å². The van der Waals surface area contributed by atoms with E-state index in [4.69, 9.17) is 9.97 Å². The molecule has 2 aliphatic rings. The molecule has 24 heavy (non-hydrogen) atoms. The molecule has 2 aliphatic carbocycles. The monoisotopic (exact) mass is 323 g/mol. The minimum atomic E-state index is -0.578. The Bertz CT molecular complexity index is 901. The largest absolute Gasteiger partial charge is 0.358 e. The Kier molecular flexibility index (Phi) is 2.82. The van der Waals surface area contributed by atoms with E-state index in [0.717, 1.165) is 35.3 Å². The van der Waals surface area contributed by atoms with Gasteiger partial charge < -0.3 is 5.32 Å². The third-order valence-corrected chi connectivity index (χ3v) is 7.27. The van der Waals surface area contributed by atoms with Crippen LogP contribution in [0.25, 0.3) is 11.0 Å².